The first-order chi connectivity index (χ1) is 9.26. The summed E-state index contributed by atoms with van der Waals surface area (Å²) in [6.07, 6.45) is 0.101. The highest BCUT2D eigenvalue weighted by Crippen LogP contribution is 2.10. The number of morpholine rings is 1. The monoisotopic (exact) mass is 277 g/mol. The van der Waals surface area contributed by atoms with Crippen LogP contribution in [-0.2, 0) is 18.9 Å². The van der Waals surface area contributed by atoms with Gasteiger partial charge in [0.25, 0.3) is 0 Å². The fourth-order valence-corrected chi connectivity index (χ4v) is 2.08. The number of aliphatic hydroxyl groups excluding tert-OH is 1. The van der Waals surface area contributed by atoms with E-state index in [0.717, 1.165) is 19.6 Å². The SMILES string of the molecule is COCCOCCOCCN1CC(C)OC(CO)C1. The fourth-order valence-electron chi connectivity index (χ4n) is 2.08. The lowest BCUT2D eigenvalue weighted by molar-refractivity contribution is -0.0993. The van der Waals surface area contributed by atoms with E-state index in [2.05, 4.69) is 4.90 Å². The van der Waals surface area contributed by atoms with Crippen LogP contribution >= 0.6 is 0 Å². The standard InChI is InChI=1S/C13H27NO5/c1-12-9-14(10-13(11-15)19-12)3-4-17-7-8-18-6-5-16-2/h12-13,15H,3-11H2,1-2H3. The first kappa shape index (κ1) is 16.8. The van der Waals surface area contributed by atoms with E-state index in [1.165, 1.54) is 0 Å². The summed E-state index contributed by atoms with van der Waals surface area (Å²) in [5.41, 5.74) is 0. The van der Waals surface area contributed by atoms with Gasteiger partial charge >= 0.3 is 0 Å². The van der Waals surface area contributed by atoms with Gasteiger partial charge < -0.3 is 24.1 Å². The van der Waals surface area contributed by atoms with Crippen LogP contribution in [0.2, 0.25) is 0 Å². The Hall–Kier alpha value is -0.240. The van der Waals surface area contributed by atoms with Gasteiger partial charge in [0.1, 0.15) is 0 Å². The highest BCUT2D eigenvalue weighted by molar-refractivity contribution is 4.74. The quantitative estimate of drug-likeness (QED) is 0.556. The van der Waals surface area contributed by atoms with Crippen molar-refractivity contribution in [2.24, 2.45) is 0 Å². The average Bonchev–Trinajstić information content (AvgIpc) is 2.41. The van der Waals surface area contributed by atoms with E-state index >= 15 is 0 Å². The predicted molar refractivity (Wildman–Crippen MR) is 71.4 cm³/mol. The molecule has 2 unspecified atom stereocenters. The van der Waals surface area contributed by atoms with Gasteiger partial charge in [-0.15, -0.1) is 0 Å². The van der Waals surface area contributed by atoms with Crippen molar-refractivity contribution in [1.82, 2.24) is 4.90 Å². The highest BCUT2D eigenvalue weighted by atomic mass is 16.5. The number of aliphatic hydroxyl groups is 1. The van der Waals surface area contributed by atoms with Crippen LogP contribution in [0.5, 0.6) is 0 Å². The molecule has 0 saturated carbocycles. The summed E-state index contributed by atoms with van der Waals surface area (Å²) in [5.74, 6) is 0. The smallest absolute Gasteiger partial charge is 0.0936 e. The number of nitrogens with zero attached hydrogens (tertiary/aromatic N) is 1. The van der Waals surface area contributed by atoms with Crippen molar-refractivity contribution in [3.8, 4) is 0 Å². The molecule has 2 atom stereocenters. The molecule has 0 bridgehead atoms. The molecular weight excluding hydrogens is 250 g/mol. The molecule has 0 radical (unpaired) electrons. The third-order valence-electron chi connectivity index (χ3n) is 2.96. The van der Waals surface area contributed by atoms with Gasteiger partial charge in [-0.25, -0.2) is 0 Å². The van der Waals surface area contributed by atoms with Crippen molar-refractivity contribution in [2.45, 2.75) is 19.1 Å². The second-order valence-electron chi connectivity index (χ2n) is 4.73. The van der Waals surface area contributed by atoms with Crippen LogP contribution in [0.25, 0.3) is 0 Å². The Kier molecular flexibility index (Phi) is 9.32. The molecule has 0 aromatic rings. The summed E-state index contributed by atoms with van der Waals surface area (Å²) < 4.78 is 21.3. The van der Waals surface area contributed by atoms with Crippen molar-refractivity contribution < 1.29 is 24.1 Å². The van der Waals surface area contributed by atoms with E-state index in [4.69, 9.17) is 24.1 Å². The van der Waals surface area contributed by atoms with Crippen molar-refractivity contribution in [2.75, 3.05) is 66.4 Å². The number of hydrogen-bond donors (Lipinski definition) is 1. The molecule has 1 rings (SSSR count). The minimum absolute atomic E-state index is 0.0684. The van der Waals surface area contributed by atoms with Crippen LogP contribution in [0.3, 0.4) is 0 Å². The van der Waals surface area contributed by atoms with Crippen LogP contribution in [0.4, 0.5) is 0 Å². The Morgan fingerprint density at radius 2 is 1.79 bits per heavy atom. The maximum Gasteiger partial charge on any atom is 0.0936 e. The largest absolute Gasteiger partial charge is 0.394 e. The summed E-state index contributed by atoms with van der Waals surface area (Å²) in [6, 6.07) is 0. The van der Waals surface area contributed by atoms with Gasteiger partial charge in [-0.3, -0.25) is 4.90 Å². The second-order valence-corrected chi connectivity index (χ2v) is 4.73. The zero-order chi connectivity index (χ0) is 13.9. The average molecular weight is 277 g/mol. The van der Waals surface area contributed by atoms with Gasteiger partial charge in [0.15, 0.2) is 0 Å². The lowest BCUT2D eigenvalue weighted by Crippen LogP contribution is -2.48. The van der Waals surface area contributed by atoms with Gasteiger partial charge in [-0.05, 0) is 6.92 Å². The van der Waals surface area contributed by atoms with Crippen molar-refractivity contribution in [3.05, 3.63) is 0 Å². The Balaban J connectivity index is 1.96. The van der Waals surface area contributed by atoms with Gasteiger partial charge in [0, 0.05) is 26.7 Å². The van der Waals surface area contributed by atoms with E-state index < -0.39 is 0 Å². The highest BCUT2D eigenvalue weighted by Gasteiger charge is 2.24. The molecule has 1 aliphatic rings. The van der Waals surface area contributed by atoms with Crippen LogP contribution in [-0.4, -0.2) is 88.6 Å². The minimum atomic E-state index is -0.0684. The molecule has 1 heterocycles. The van der Waals surface area contributed by atoms with E-state index in [0.29, 0.717) is 33.0 Å². The molecule has 1 fully saturated rings. The minimum Gasteiger partial charge on any atom is -0.394 e. The molecule has 0 aromatic carbocycles. The maximum atomic E-state index is 9.13. The van der Waals surface area contributed by atoms with Crippen molar-refractivity contribution in [3.63, 3.8) is 0 Å². The van der Waals surface area contributed by atoms with E-state index in [-0.39, 0.29) is 18.8 Å². The lowest BCUT2D eigenvalue weighted by atomic mass is 10.2. The fraction of sp³-hybridized carbons (Fsp3) is 1.00. The zero-order valence-corrected chi connectivity index (χ0v) is 12.0. The van der Waals surface area contributed by atoms with Crippen molar-refractivity contribution in [1.29, 1.82) is 0 Å². The Bertz CT molecular complexity index is 217. The number of rotatable bonds is 10. The number of hydrogen-bond acceptors (Lipinski definition) is 6. The van der Waals surface area contributed by atoms with Crippen molar-refractivity contribution >= 4 is 0 Å². The van der Waals surface area contributed by atoms with Gasteiger partial charge in [-0.2, -0.15) is 0 Å². The van der Waals surface area contributed by atoms with Crippen LogP contribution in [0.15, 0.2) is 0 Å². The van der Waals surface area contributed by atoms with E-state index in [1.54, 1.807) is 7.11 Å². The first-order valence-corrected chi connectivity index (χ1v) is 6.89. The first-order valence-electron chi connectivity index (χ1n) is 6.89. The van der Waals surface area contributed by atoms with Crippen LogP contribution in [0.1, 0.15) is 6.92 Å². The molecule has 6 nitrogen and oxygen atoms in total. The maximum absolute atomic E-state index is 9.13. The molecule has 0 aromatic heterocycles. The molecule has 19 heavy (non-hydrogen) atoms. The number of methoxy groups -OCH3 is 1. The Morgan fingerprint density at radius 1 is 1.11 bits per heavy atom. The molecule has 1 N–H and O–H groups in total. The van der Waals surface area contributed by atoms with Crippen LogP contribution in [0, 0.1) is 0 Å². The van der Waals surface area contributed by atoms with Crippen LogP contribution < -0.4 is 0 Å². The third kappa shape index (κ3) is 7.81. The predicted octanol–water partition coefficient (Wildman–Crippen LogP) is -0.252. The normalized spacial score (nSPS) is 24.8. The molecule has 0 aliphatic carbocycles. The summed E-state index contributed by atoms with van der Waals surface area (Å²) in [5, 5.41) is 9.13. The third-order valence-corrected chi connectivity index (χ3v) is 2.96. The van der Waals surface area contributed by atoms with Gasteiger partial charge in [0.05, 0.1) is 51.8 Å². The molecule has 1 aliphatic heterocycles. The molecular formula is C13H27NO5. The second kappa shape index (κ2) is 10.5. The molecule has 6 heteroatoms. The van der Waals surface area contributed by atoms with E-state index in [1.807, 2.05) is 6.92 Å². The molecule has 1 saturated heterocycles. The molecule has 0 spiro atoms. The summed E-state index contributed by atoms with van der Waals surface area (Å²) in [6.45, 7) is 7.75. The summed E-state index contributed by atoms with van der Waals surface area (Å²) in [7, 11) is 1.66. The van der Waals surface area contributed by atoms with Gasteiger partial charge in [-0.1, -0.05) is 0 Å². The Morgan fingerprint density at radius 3 is 2.47 bits per heavy atom. The summed E-state index contributed by atoms with van der Waals surface area (Å²) >= 11 is 0. The topological polar surface area (TPSA) is 60.4 Å². The molecule has 0 amide bonds. The van der Waals surface area contributed by atoms with E-state index in [9.17, 15) is 0 Å². The lowest BCUT2D eigenvalue weighted by Gasteiger charge is -2.35. The summed E-state index contributed by atoms with van der Waals surface area (Å²) in [4.78, 5) is 2.26. The molecule has 114 valence electrons. The number of ether oxygens (including phenoxy) is 4. The zero-order valence-electron chi connectivity index (χ0n) is 12.0. The van der Waals surface area contributed by atoms with Gasteiger partial charge in [0.2, 0.25) is 0 Å². The Labute approximate surface area is 115 Å².